The normalized spacial score (nSPS) is 23.4. The van der Waals surface area contributed by atoms with Crippen molar-refractivity contribution in [2.75, 3.05) is 14.2 Å². The molecule has 0 aliphatic heterocycles. The lowest BCUT2D eigenvalue weighted by Crippen LogP contribution is -2.33. The Kier molecular flexibility index (Phi) is 3.16. The second kappa shape index (κ2) is 3.94. The minimum absolute atomic E-state index is 0.294. The van der Waals surface area contributed by atoms with Gasteiger partial charge in [-0.25, -0.2) is 0 Å². The molecule has 0 aromatic heterocycles. The Balaban J connectivity index is 2.29. The van der Waals surface area contributed by atoms with Crippen LogP contribution in [0.25, 0.3) is 0 Å². The molecular weight excluding hydrogens is 126 g/mol. The molecule has 0 amide bonds. The van der Waals surface area contributed by atoms with Crippen molar-refractivity contribution in [2.24, 2.45) is 5.92 Å². The van der Waals surface area contributed by atoms with E-state index in [1.807, 2.05) is 7.05 Å². The molecule has 1 rings (SSSR count). The van der Waals surface area contributed by atoms with Crippen molar-refractivity contribution in [1.29, 1.82) is 0 Å². The molecule has 0 bridgehead atoms. The molecule has 1 aliphatic carbocycles. The SMILES string of the molecule is CNC(OC)C1CCCC1. The molecular formula is C8H17NO. The Hall–Kier alpha value is -0.0800. The average molecular weight is 143 g/mol. The largest absolute Gasteiger partial charge is 0.366 e. The highest BCUT2D eigenvalue weighted by atomic mass is 16.5. The Bertz CT molecular complexity index is 85.3. The highest BCUT2D eigenvalue weighted by Gasteiger charge is 2.22. The van der Waals surface area contributed by atoms with Gasteiger partial charge in [0.15, 0.2) is 0 Å². The fraction of sp³-hybridized carbons (Fsp3) is 1.00. The predicted octanol–water partition coefficient (Wildman–Crippen LogP) is 1.37. The Morgan fingerprint density at radius 2 is 2.00 bits per heavy atom. The van der Waals surface area contributed by atoms with Crippen molar-refractivity contribution in [3.8, 4) is 0 Å². The van der Waals surface area contributed by atoms with Gasteiger partial charge in [0.2, 0.25) is 0 Å². The van der Waals surface area contributed by atoms with Gasteiger partial charge < -0.3 is 4.74 Å². The molecule has 0 saturated heterocycles. The van der Waals surface area contributed by atoms with Crippen LogP contribution in [0.3, 0.4) is 0 Å². The number of hydrogen-bond acceptors (Lipinski definition) is 2. The summed E-state index contributed by atoms with van der Waals surface area (Å²) in [5.74, 6) is 0.759. The number of rotatable bonds is 3. The summed E-state index contributed by atoms with van der Waals surface area (Å²) in [5.41, 5.74) is 0. The molecule has 10 heavy (non-hydrogen) atoms. The first-order valence-electron chi connectivity index (χ1n) is 4.08. The van der Waals surface area contributed by atoms with E-state index in [9.17, 15) is 0 Å². The summed E-state index contributed by atoms with van der Waals surface area (Å²) in [6.45, 7) is 0. The van der Waals surface area contributed by atoms with Crippen LogP contribution >= 0.6 is 0 Å². The molecule has 1 N–H and O–H groups in total. The monoisotopic (exact) mass is 143 g/mol. The predicted molar refractivity (Wildman–Crippen MR) is 41.8 cm³/mol. The number of nitrogens with one attached hydrogen (secondary N) is 1. The van der Waals surface area contributed by atoms with E-state index in [4.69, 9.17) is 4.74 Å². The van der Waals surface area contributed by atoms with Gasteiger partial charge in [-0.15, -0.1) is 0 Å². The van der Waals surface area contributed by atoms with E-state index in [2.05, 4.69) is 5.32 Å². The van der Waals surface area contributed by atoms with Crippen LogP contribution < -0.4 is 5.32 Å². The first kappa shape index (κ1) is 8.02. The molecule has 0 aromatic carbocycles. The lowest BCUT2D eigenvalue weighted by molar-refractivity contribution is 0.0335. The third kappa shape index (κ3) is 1.70. The summed E-state index contributed by atoms with van der Waals surface area (Å²) in [5, 5.41) is 3.17. The van der Waals surface area contributed by atoms with Crippen LogP contribution in [0.15, 0.2) is 0 Å². The number of methoxy groups -OCH3 is 1. The van der Waals surface area contributed by atoms with Crippen LogP contribution in [0.1, 0.15) is 25.7 Å². The van der Waals surface area contributed by atoms with Gasteiger partial charge in [-0.05, 0) is 25.8 Å². The van der Waals surface area contributed by atoms with Gasteiger partial charge in [-0.1, -0.05) is 12.8 Å². The summed E-state index contributed by atoms with van der Waals surface area (Å²) < 4.78 is 5.27. The third-order valence-corrected chi connectivity index (χ3v) is 2.37. The lowest BCUT2D eigenvalue weighted by atomic mass is 10.1. The van der Waals surface area contributed by atoms with Gasteiger partial charge in [0.1, 0.15) is 6.23 Å². The van der Waals surface area contributed by atoms with Crippen LogP contribution in [0.5, 0.6) is 0 Å². The molecule has 1 fully saturated rings. The van der Waals surface area contributed by atoms with Crippen LogP contribution in [0.4, 0.5) is 0 Å². The third-order valence-electron chi connectivity index (χ3n) is 2.37. The summed E-state index contributed by atoms with van der Waals surface area (Å²) >= 11 is 0. The molecule has 0 spiro atoms. The smallest absolute Gasteiger partial charge is 0.110 e. The van der Waals surface area contributed by atoms with Gasteiger partial charge in [-0.2, -0.15) is 0 Å². The maximum absolute atomic E-state index is 5.27. The second-order valence-electron chi connectivity index (χ2n) is 2.99. The summed E-state index contributed by atoms with van der Waals surface area (Å²) in [4.78, 5) is 0. The minimum atomic E-state index is 0.294. The summed E-state index contributed by atoms with van der Waals surface area (Å²) in [7, 11) is 3.74. The van der Waals surface area contributed by atoms with Crippen molar-refractivity contribution >= 4 is 0 Å². The van der Waals surface area contributed by atoms with Gasteiger partial charge in [-0.3, -0.25) is 5.32 Å². The van der Waals surface area contributed by atoms with E-state index in [0.717, 1.165) is 5.92 Å². The first-order chi connectivity index (χ1) is 4.88. The highest BCUT2D eigenvalue weighted by Crippen LogP contribution is 2.27. The van der Waals surface area contributed by atoms with Crippen molar-refractivity contribution < 1.29 is 4.74 Å². The van der Waals surface area contributed by atoms with Crippen molar-refractivity contribution in [3.63, 3.8) is 0 Å². The van der Waals surface area contributed by atoms with E-state index in [-0.39, 0.29) is 0 Å². The second-order valence-corrected chi connectivity index (χ2v) is 2.99. The zero-order valence-electron chi connectivity index (χ0n) is 6.89. The van der Waals surface area contributed by atoms with Gasteiger partial charge in [0.25, 0.3) is 0 Å². The topological polar surface area (TPSA) is 21.3 Å². The molecule has 1 unspecified atom stereocenters. The van der Waals surface area contributed by atoms with Crippen molar-refractivity contribution in [1.82, 2.24) is 5.32 Å². The summed E-state index contributed by atoms with van der Waals surface area (Å²) in [6.07, 6.45) is 5.72. The molecule has 0 aromatic rings. The van der Waals surface area contributed by atoms with E-state index in [1.54, 1.807) is 7.11 Å². The van der Waals surface area contributed by atoms with Gasteiger partial charge in [0.05, 0.1) is 0 Å². The van der Waals surface area contributed by atoms with E-state index in [1.165, 1.54) is 25.7 Å². The van der Waals surface area contributed by atoms with Crippen LogP contribution in [0, 0.1) is 5.92 Å². The molecule has 0 heterocycles. The quantitative estimate of drug-likeness (QED) is 0.602. The zero-order valence-corrected chi connectivity index (χ0v) is 6.89. The van der Waals surface area contributed by atoms with Crippen LogP contribution in [-0.4, -0.2) is 20.4 Å². The van der Waals surface area contributed by atoms with Gasteiger partial charge in [0, 0.05) is 7.11 Å². The Morgan fingerprint density at radius 1 is 1.40 bits per heavy atom. The molecule has 2 nitrogen and oxygen atoms in total. The molecule has 1 saturated carbocycles. The van der Waals surface area contributed by atoms with Crippen LogP contribution in [-0.2, 0) is 4.74 Å². The molecule has 2 heteroatoms. The van der Waals surface area contributed by atoms with Gasteiger partial charge >= 0.3 is 0 Å². The molecule has 0 radical (unpaired) electrons. The van der Waals surface area contributed by atoms with E-state index < -0.39 is 0 Å². The Morgan fingerprint density at radius 3 is 2.40 bits per heavy atom. The first-order valence-corrected chi connectivity index (χ1v) is 4.08. The van der Waals surface area contributed by atoms with E-state index in [0.29, 0.717) is 6.23 Å². The highest BCUT2D eigenvalue weighted by molar-refractivity contribution is 4.72. The standard InChI is InChI=1S/C8H17NO/c1-9-8(10-2)7-5-3-4-6-7/h7-9H,3-6H2,1-2H3. The lowest BCUT2D eigenvalue weighted by Gasteiger charge is -2.20. The maximum Gasteiger partial charge on any atom is 0.110 e. The zero-order chi connectivity index (χ0) is 7.40. The average Bonchev–Trinajstić information content (AvgIpc) is 2.43. The summed E-state index contributed by atoms with van der Waals surface area (Å²) in [6, 6.07) is 0. The van der Waals surface area contributed by atoms with Crippen LogP contribution in [0.2, 0.25) is 0 Å². The fourth-order valence-electron chi connectivity index (χ4n) is 1.81. The fourth-order valence-corrected chi connectivity index (χ4v) is 1.81. The van der Waals surface area contributed by atoms with E-state index >= 15 is 0 Å². The van der Waals surface area contributed by atoms with Crippen molar-refractivity contribution in [3.05, 3.63) is 0 Å². The Labute approximate surface area is 63.0 Å². The number of hydrogen-bond donors (Lipinski definition) is 1. The minimum Gasteiger partial charge on any atom is -0.366 e. The maximum atomic E-state index is 5.27. The number of ether oxygens (including phenoxy) is 1. The molecule has 1 atom stereocenters. The van der Waals surface area contributed by atoms with Crippen molar-refractivity contribution in [2.45, 2.75) is 31.9 Å². The molecule has 60 valence electrons. The molecule has 1 aliphatic rings.